The van der Waals surface area contributed by atoms with Crippen LogP contribution >= 0.6 is 11.8 Å². The van der Waals surface area contributed by atoms with Gasteiger partial charge in [0.15, 0.2) is 0 Å². The molecule has 1 aliphatic carbocycles. The van der Waals surface area contributed by atoms with Crippen molar-refractivity contribution in [2.45, 2.75) is 45.2 Å². The van der Waals surface area contributed by atoms with Crippen LogP contribution in [0.5, 0.6) is 0 Å². The number of aromatic amines is 1. The minimum absolute atomic E-state index is 0.567. The highest BCUT2D eigenvalue weighted by Gasteiger charge is 2.25. The highest BCUT2D eigenvalue weighted by molar-refractivity contribution is 7.99. The number of thioether (sulfide) groups is 1. The zero-order valence-electron chi connectivity index (χ0n) is 10.1. The molecule has 0 amide bonds. The van der Waals surface area contributed by atoms with Crippen LogP contribution in [-0.4, -0.2) is 27.7 Å². The Kier molecular flexibility index (Phi) is 4.29. The lowest BCUT2D eigenvalue weighted by molar-refractivity contribution is 0.587. The third-order valence-corrected chi connectivity index (χ3v) is 4.00. The van der Waals surface area contributed by atoms with Gasteiger partial charge in [0.1, 0.15) is 0 Å². The predicted octanol–water partition coefficient (Wildman–Crippen LogP) is 2.52. The van der Waals surface area contributed by atoms with Crippen molar-refractivity contribution in [3.8, 4) is 0 Å². The third kappa shape index (κ3) is 3.52. The standard InChI is InChI=1S/C12H21N3S/c1-3-16-8-9(2)13-7-11-6-12(15-14-11)10-4-5-10/h6,9-10,13H,3-5,7-8H2,1-2H3,(H,14,15). The molecule has 0 aliphatic heterocycles. The van der Waals surface area contributed by atoms with E-state index in [9.17, 15) is 0 Å². The van der Waals surface area contributed by atoms with E-state index in [1.807, 2.05) is 11.8 Å². The van der Waals surface area contributed by atoms with E-state index in [4.69, 9.17) is 0 Å². The first kappa shape index (κ1) is 12.0. The first-order valence-electron chi connectivity index (χ1n) is 6.15. The molecule has 1 atom stereocenters. The molecule has 1 aromatic heterocycles. The summed E-state index contributed by atoms with van der Waals surface area (Å²) >= 11 is 1.98. The Balaban J connectivity index is 1.71. The maximum absolute atomic E-state index is 4.35. The highest BCUT2D eigenvalue weighted by atomic mass is 32.2. The lowest BCUT2D eigenvalue weighted by Crippen LogP contribution is -2.27. The number of nitrogens with one attached hydrogen (secondary N) is 2. The number of hydrogen-bond acceptors (Lipinski definition) is 3. The molecule has 0 aromatic carbocycles. The summed E-state index contributed by atoms with van der Waals surface area (Å²) in [5.41, 5.74) is 2.47. The van der Waals surface area contributed by atoms with Crippen molar-refractivity contribution in [1.29, 1.82) is 0 Å². The Labute approximate surface area is 102 Å². The molecule has 1 saturated carbocycles. The molecule has 3 nitrogen and oxygen atoms in total. The van der Waals surface area contributed by atoms with E-state index in [1.165, 1.54) is 35.7 Å². The fraction of sp³-hybridized carbons (Fsp3) is 0.750. The predicted molar refractivity (Wildman–Crippen MR) is 69.9 cm³/mol. The Bertz CT molecular complexity index is 320. The van der Waals surface area contributed by atoms with Gasteiger partial charge in [0.25, 0.3) is 0 Å². The normalized spacial score (nSPS) is 17.6. The molecule has 1 aliphatic rings. The SMILES string of the molecule is CCSCC(C)NCc1cc(C2CC2)n[nH]1. The van der Waals surface area contributed by atoms with Crippen LogP contribution in [-0.2, 0) is 6.54 Å². The monoisotopic (exact) mass is 239 g/mol. The Hall–Kier alpha value is -0.480. The topological polar surface area (TPSA) is 40.7 Å². The second-order valence-corrected chi connectivity index (χ2v) is 5.85. The molecule has 1 heterocycles. The van der Waals surface area contributed by atoms with Gasteiger partial charge >= 0.3 is 0 Å². The molecule has 1 fully saturated rings. The average molecular weight is 239 g/mol. The van der Waals surface area contributed by atoms with Gasteiger partial charge in [-0.25, -0.2) is 0 Å². The maximum Gasteiger partial charge on any atom is 0.0656 e. The zero-order valence-corrected chi connectivity index (χ0v) is 10.9. The fourth-order valence-electron chi connectivity index (χ4n) is 1.70. The second kappa shape index (κ2) is 5.73. The van der Waals surface area contributed by atoms with Crippen LogP contribution in [0, 0.1) is 0 Å². The Morgan fingerprint density at radius 3 is 3.12 bits per heavy atom. The smallest absolute Gasteiger partial charge is 0.0656 e. The van der Waals surface area contributed by atoms with Gasteiger partial charge in [0, 0.05) is 30.0 Å². The number of aromatic nitrogens is 2. The third-order valence-electron chi connectivity index (χ3n) is 2.86. The van der Waals surface area contributed by atoms with Gasteiger partial charge in [-0.15, -0.1) is 0 Å². The summed E-state index contributed by atoms with van der Waals surface area (Å²) in [4.78, 5) is 0. The van der Waals surface area contributed by atoms with Crippen LogP contribution in [0.3, 0.4) is 0 Å². The molecule has 0 saturated heterocycles. The van der Waals surface area contributed by atoms with Gasteiger partial charge in [-0.3, -0.25) is 5.10 Å². The number of rotatable bonds is 7. The van der Waals surface area contributed by atoms with E-state index in [2.05, 4.69) is 35.4 Å². The van der Waals surface area contributed by atoms with E-state index in [1.54, 1.807) is 0 Å². The molecular weight excluding hydrogens is 218 g/mol. The maximum atomic E-state index is 4.35. The van der Waals surface area contributed by atoms with E-state index in [0.29, 0.717) is 6.04 Å². The molecule has 16 heavy (non-hydrogen) atoms. The van der Waals surface area contributed by atoms with Crippen LogP contribution in [0.25, 0.3) is 0 Å². The largest absolute Gasteiger partial charge is 0.308 e. The van der Waals surface area contributed by atoms with Crippen LogP contribution in [0.15, 0.2) is 6.07 Å². The summed E-state index contributed by atoms with van der Waals surface area (Å²) in [5.74, 6) is 3.13. The minimum atomic E-state index is 0.567. The zero-order chi connectivity index (χ0) is 11.4. The van der Waals surface area contributed by atoms with Crippen molar-refractivity contribution >= 4 is 11.8 Å². The number of H-pyrrole nitrogens is 1. The van der Waals surface area contributed by atoms with Crippen LogP contribution in [0.4, 0.5) is 0 Å². The molecule has 0 bridgehead atoms. The quantitative estimate of drug-likeness (QED) is 0.768. The van der Waals surface area contributed by atoms with Gasteiger partial charge in [-0.1, -0.05) is 6.92 Å². The fourth-order valence-corrected chi connectivity index (χ4v) is 2.40. The molecule has 2 rings (SSSR count). The van der Waals surface area contributed by atoms with Crippen molar-refractivity contribution < 1.29 is 0 Å². The van der Waals surface area contributed by atoms with Gasteiger partial charge in [-0.05, 0) is 31.6 Å². The highest BCUT2D eigenvalue weighted by Crippen LogP contribution is 2.38. The second-order valence-electron chi connectivity index (χ2n) is 4.53. The van der Waals surface area contributed by atoms with Crippen molar-refractivity contribution in [2.75, 3.05) is 11.5 Å². The summed E-state index contributed by atoms with van der Waals surface area (Å²) in [6, 6.07) is 2.78. The van der Waals surface area contributed by atoms with Crippen molar-refractivity contribution in [2.24, 2.45) is 0 Å². The van der Waals surface area contributed by atoms with E-state index >= 15 is 0 Å². The Morgan fingerprint density at radius 1 is 1.62 bits per heavy atom. The van der Waals surface area contributed by atoms with Crippen molar-refractivity contribution in [3.63, 3.8) is 0 Å². The van der Waals surface area contributed by atoms with Crippen LogP contribution in [0.1, 0.15) is 44.0 Å². The molecule has 4 heteroatoms. The summed E-state index contributed by atoms with van der Waals surface area (Å²) in [5, 5.41) is 11.0. The van der Waals surface area contributed by atoms with Gasteiger partial charge < -0.3 is 5.32 Å². The van der Waals surface area contributed by atoms with E-state index < -0.39 is 0 Å². The molecule has 1 aromatic rings. The first-order chi connectivity index (χ1) is 7.79. The van der Waals surface area contributed by atoms with E-state index in [-0.39, 0.29) is 0 Å². The minimum Gasteiger partial charge on any atom is -0.308 e. The Morgan fingerprint density at radius 2 is 2.44 bits per heavy atom. The van der Waals surface area contributed by atoms with Gasteiger partial charge in [0.2, 0.25) is 0 Å². The summed E-state index contributed by atoms with van der Waals surface area (Å²) in [6.45, 7) is 5.35. The summed E-state index contributed by atoms with van der Waals surface area (Å²) < 4.78 is 0. The molecule has 90 valence electrons. The van der Waals surface area contributed by atoms with Crippen molar-refractivity contribution in [1.82, 2.24) is 15.5 Å². The molecular formula is C12H21N3S. The summed E-state index contributed by atoms with van der Waals surface area (Å²) in [6.07, 6.45) is 2.64. The van der Waals surface area contributed by atoms with E-state index in [0.717, 1.165) is 12.5 Å². The van der Waals surface area contributed by atoms with Crippen LogP contribution in [0.2, 0.25) is 0 Å². The van der Waals surface area contributed by atoms with Gasteiger partial charge in [-0.2, -0.15) is 16.9 Å². The molecule has 1 unspecified atom stereocenters. The molecule has 2 N–H and O–H groups in total. The lowest BCUT2D eigenvalue weighted by atomic mass is 10.2. The first-order valence-corrected chi connectivity index (χ1v) is 7.30. The van der Waals surface area contributed by atoms with Gasteiger partial charge in [0.05, 0.1) is 5.69 Å². The van der Waals surface area contributed by atoms with Crippen molar-refractivity contribution in [3.05, 3.63) is 17.5 Å². The average Bonchev–Trinajstić information content (AvgIpc) is 3.03. The number of hydrogen-bond donors (Lipinski definition) is 2. The van der Waals surface area contributed by atoms with Crippen LogP contribution < -0.4 is 5.32 Å². The number of nitrogens with zero attached hydrogens (tertiary/aromatic N) is 1. The molecule has 0 radical (unpaired) electrons. The molecule has 0 spiro atoms. The lowest BCUT2D eigenvalue weighted by Gasteiger charge is -2.11. The summed E-state index contributed by atoms with van der Waals surface area (Å²) in [7, 11) is 0.